The third-order valence-electron chi connectivity index (χ3n) is 3.33. The molecule has 0 unspecified atom stereocenters. The highest BCUT2D eigenvalue weighted by Gasteiger charge is 2.11. The molecule has 2 aromatic rings. The van der Waals surface area contributed by atoms with Gasteiger partial charge in [-0.15, -0.1) is 0 Å². The Morgan fingerprint density at radius 3 is 2.48 bits per heavy atom. The highest BCUT2D eigenvalue weighted by molar-refractivity contribution is 6.31. The van der Waals surface area contributed by atoms with Crippen LogP contribution in [0.1, 0.15) is 17.5 Å². The molecular formula is C17H17ClFNO. The van der Waals surface area contributed by atoms with Crippen LogP contribution in [0.3, 0.4) is 0 Å². The van der Waals surface area contributed by atoms with Gasteiger partial charge in [-0.2, -0.15) is 0 Å². The SMILES string of the molecule is CN(Cc1ccccc1Cl)C(=O)CCc1ccc(F)cc1. The molecule has 0 aliphatic heterocycles. The van der Waals surface area contributed by atoms with E-state index >= 15 is 0 Å². The zero-order chi connectivity index (χ0) is 15.2. The van der Waals surface area contributed by atoms with Gasteiger partial charge in [0.25, 0.3) is 0 Å². The number of amides is 1. The molecule has 1 amide bonds. The van der Waals surface area contributed by atoms with Crippen LogP contribution in [0, 0.1) is 5.82 Å². The average molecular weight is 306 g/mol. The van der Waals surface area contributed by atoms with Gasteiger partial charge in [0.05, 0.1) is 0 Å². The van der Waals surface area contributed by atoms with Crippen molar-refractivity contribution in [1.29, 1.82) is 0 Å². The molecule has 0 heterocycles. The lowest BCUT2D eigenvalue weighted by Crippen LogP contribution is -2.26. The van der Waals surface area contributed by atoms with E-state index in [0.29, 0.717) is 24.4 Å². The number of carbonyl (C=O) groups is 1. The van der Waals surface area contributed by atoms with Crippen LogP contribution in [0.4, 0.5) is 4.39 Å². The Kier molecular flexibility index (Phi) is 5.34. The molecule has 0 radical (unpaired) electrons. The smallest absolute Gasteiger partial charge is 0.222 e. The summed E-state index contributed by atoms with van der Waals surface area (Å²) in [7, 11) is 1.76. The van der Waals surface area contributed by atoms with Gasteiger partial charge in [0.15, 0.2) is 0 Å². The molecule has 0 aliphatic rings. The van der Waals surface area contributed by atoms with E-state index in [1.165, 1.54) is 12.1 Å². The average Bonchev–Trinajstić information content (AvgIpc) is 2.48. The molecule has 0 fully saturated rings. The van der Waals surface area contributed by atoms with Crippen LogP contribution >= 0.6 is 11.6 Å². The molecule has 2 rings (SSSR count). The van der Waals surface area contributed by atoms with Gasteiger partial charge in [-0.3, -0.25) is 4.79 Å². The Morgan fingerprint density at radius 1 is 1.14 bits per heavy atom. The molecule has 0 saturated carbocycles. The Morgan fingerprint density at radius 2 is 1.81 bits per heavy atom. The van der Waals surface area contributed by atoms with Crippen LogP contribution < -0.4 is 0 Å². The van der Waals surface area contributed by atoms with Crippen molar-refractivity contribution in [2.24, 2.45) is 0 Å². The monoisotopic (exact) mass is 305 g/mol. The van der Waals surface area contributed by atoms with E-state index in [2.05, 4.69) is 0 Å². The molecular weight excluding hydrogens is 289 g/mol. The maximum absolute atomic E-state index is 12.8. The lowest BCUT2D eigenvalue weighted by Gasteiger charge is -2.18. The van der Waals surface area contributed by atoms with E-state index < -0.39 is 0 Å². The summed E-state index contributed by atoms with van der Waals surface area (Å²) in [6, 6.07) is 13.7. The summed E-state index contributed by atoms with van der Waals surface area (Å²) < 4.78 is 12.8. The minimum absolute atomic E-state index is 0.0410. The van der Waals surface area contributed by atoms with Crippen molar-refractivity contribution in [2.75, 3.05) is 7.05 Å². The predicted molar refractivity (Wildman–Crippen MR) is 82.6 cm³/mol. The third-order valence-corrected chi connectivity index (χ3v) is 3.70. The molecule has 2 nitrogen and oxygen atoms in total. The van der Waals surface area contributed by atoms with Crippen LogP contribution in [0.25, 0.3) is 0 Å². The summed E-state index contributed by atoms with van der Waals surface area (Å²) in [5.74, 6) is -0.222. The van der Waals surface area contributed by atoms with Crippen molar-refractivity contribution in [3.63, 3.8) is 0 Å². The molecule has 0 N–H and O–H groups in total. The van der Waals surface area contributed by atoms with Crippen LogP contribution in [0.15, 0.2) is 48.5 Å². The Bertz CT molecular complexity index is 612. The fourth-order valence-corrected chi connectivity index (χ4v) is 2.26. The zero-order valence-corrected chi connectivity index (χ0v) is 12.6. The first kappa shape index (κ1) is 15.5. The van der Waals surface area contributed by atoms with E-state index in [1.807, 2.05) is 24.3 Å². The molecule has 0 spiro atoms. The number of halogens is 2. The summed E-state index contributed by atoms with van der Waals surface area (Å²) >= 11 is 6.09. The third kappa shape index (κ3) is 4.57. The van der Waals surface area contributed by atoms with Crippen LogP contribution in [-0.4, -0.2) is 17.9 Å². The molecule has 21 heavy (non-hydrogen) atoms. The van der Waals surface area contributed by atoms with Crippen molar-refractivity contribution in [2.45, 2.75) is 19.4 Å². The second kappa shape index (κ2) is 7.23. The molecule has 2 aromatic carbocycles. The zero-order valence-electron chi connectivity index (χ0n) is 11.9. The molecule has 0 aliphatic carbocycles. The first-order valence-corrected chi connectivity index (χ1v) is 7.16. The number of nitrogens with zero attached hydrogens (tertiary/aromatic N) is 1. The number of aryl methyl sites for hydroxylation is 1. The normalized spacial score (nSPS) is 10.4. The Hall–Kier alpha value is -1.87. The van der Waals surface area contributed by atoms with Crippen LogP contribution in [0.5, 0.6) is 0 Å². The molecule has 0 bridgehead atoms. The Labute approximate surface area is 129 Å². The minimum atomic E-state index is -0.263. The van der Waals surface area contributed by atoms with Gasteiger partial charge >= 0.3 is 0 Å². The van der Waals surface area contributed by atoms with Crippen molar-refractivity contribution >= 4 is 17.5 Å². The topological polar surface area (TPSA) is 20.3 Å². The van der Waals surface area contributed by atoms with Crippen LogP contribution in [0.2, 0.25) is 5.02 Å². The van der Waals surface area contributed by atoms with Gasteiger partial charge in [-0.1, -0.05) is 41.9 Å². The second-order valence-electron chi connectivity index (χ2n) is 4.97. The van der Waals surface area contributed by atoms with Crippen molar-refractivity contribution in [1.82, 2.24) is 4.90 Å². The van der Waals surface area contributed by atoms with Crippen molar-refractivity contribution in [3.8, 4) is 0 Å². The second-order valence-corrected chi connectivity index (χ2v) is 5.37. The molecule has 0 aromatic heterocycles. The van der Waals surface area contributed by atoms with Gasteiger partial charge < -0.3 is 4.90 Å². The number of hydrogen-bond donors (Lipinski definition) is 0. The summed E-state index contributed by atoms with van der Waals surface area (Å²) in [5.41, 5.74) is 1.88. The standard InChI is InChI=1S/C17H17ClFNO/c1-20(12-14-4-2-3-5-16(14)18)17(21)11-8-13-6-9-15(19)10-7-13/h2-7,9-10H,8,11-12H2,1H3. The number of benzene rings is 2. The summed E-state index contributed by atoms with van der Waals surface area (Å²) in [6.07, 6.45) is 0.999. The highest BCUT2D eigenvalue weighted by Crippen LogP contribution is 2.17. The first-order valence-electron chi connectivity index (χ1n) is 6.78. The quantitative estimate of drug-likeness (QED) is 0.815. The summed E-state index contributed by atoms with van der Waals surface area (Å²) in [6.45, 7) is 0.488. The summed E-state index contributed by atoms with van der Waals surface area (Å²) in [4.78, 5) is 13.8. The lowest BCUT2D eigenvalue weighted by molar-refractivity contribution is -0.130. The summed E-state index contributed by atoms with van der Waals surface area (Å²) in [5, 5.41) is 0.663. The van der Waals surface area contributed by atoms with Gasteiger partial charge in [-0.25, -0.2) is 4.39 Å². The van der Waals surface area contributed by atoms with E-state index in [4.69, 9.17) is 11.6 Å². The number of hydrogen-bond acceptors (Lipinski definition) is 1. The number of carbonyl (C=O) groups excluding carboxylic acids is 1. The molecule has 0 atom stereocenters. The van der Waals surface area contributed by atoms with Gasteiger partial charge in [0, 0.05) is 25.0 Å². The van der Waals surface area contributed by atoms with Crippen LogP contribution in [-0.2, 0) is 17.8 Å². The maximum Gasteiger partial charge on any atom is 0.222 e. The number of rotatable bonds is 5. The fourth-order valence-electron chi connectivity index (χ4n) is 2.06. The molecule has 0 saturated heterocycles. The fraction of sp³-hybridized carbons (Fsp3) is 0.235. The van der Waals surface area contributed by atoms with Crippen molar-refractivity contribution in [3.05, 3.63) is 70.5 Å². The largest absolute Gasteiger partial charge is 0.341 e. The highest BCUT2D eigenvalue weighted by atomic mass is 35.5. The van der Waals surface area contributed by atoms with E-state index in [1.54, 1.807) is 24.1 Å². The minimum Gasteiger partial charge on any atom is -0.341 e. The van der Waals surface area contributed by atoms with E-state index in [0.717, 1.165) is 11.1 Å². The first-order chi connectivity index (χ1) is 10.1. The lowest BCUT2D eigenvalue weighted by atomic mass is 10.1. The van der Waals surface area contributed by atoms with E-state index in [9.17, 15) is 9.18 Å². The van der Waals surface area contributed by atoms with E-state index in [-0.39, 0.29) is 11.7 Å². The van der Waals surface area contributed by atoms with Gasteiger partial charge in [-0.05, 0) is 35.7 Å². The molecule has 4 heteroatoms. The maximum atomic E-state index is 12.8. The van der Waals surface area contributed by atoms with Crippen molar-refractivity contribution < 1.29 is 9.18 Å². The van der Waals surface area contributed by atoms with Gasteiger partial charge in [0.1, 0.15) is 5.82 Å². The molecule has 110 valence electrons. The van der Waals surface area contributed by atoms with Gasteiger partial charge in [0.2, 0.25) is 5.91 Å². The predicted octanol–water partition coefficient (Wildman–Crippen LogP) is 4.07. The Balaban J connectivity index is 1.88.